The summed E-state index contributed by atoms with van der Waals surface area (Å²) in [5, 5.41) is 12.5. The van der Waals surface area contributed by atoms with Crippen molar-refractivity contribution in [2.75, 3.05) is 73.4 Å². The van der Waals surface area contributed by atoms with Crippen molar-refractivity contribution in [3.05, 3.63) is 111 Å². The minimum atomic E-state index is -4.24. The number of carbonyl (C=O) groups is 2. The number of halogens is 2. The molecular formula is C46H45F2N11O7S. The number of nitriles is 1. The Balaban J connectivity index is 0.769. The molecule has 2 aromatic heterocycles. The quantitative estimate of drug-likeness (QED) is 0.179. The van der Waals surface area contributed by atoms with E-state index in [2.05, 4.69) is 29.7 Å². The zero-order valence-electron chi connectivity index (χ0n) is 36.3. The van der Waals surface area contributed by atoms with E-state index in [-0.39, 0.29) is 60.8 Å². The average molecular weight is 934 g/mol. The number of nitrogens with zero attached hydrogens (tertiary/aromatic N) is 9. The summed E-state index contributed by atoms with van der Waals surface area (Å²) >= 11 is 0. The van der Waals surface area contributed by atoms with Gasteiger partial charge in [-0.3, -0.25) is 43.0 Å². The normalized spacial score (nSPS) is 19.7. The Hall–Kier alpha value is -7.15. The van der Waals surface area contributed by atoms with Crippen molar-refractivity contribution in [2.45, 2.75) is 31.5 Å². The molecule has 67 heavy (non-hydrogen) atoms. The molecule has 0 radical (unpaired) electrons. The van der Waals surface area contributed by atoms with Crippen LogP contribution >= 0.6 is 0 Å². The Bertz CT molecular complexity index is 3250. The molecule has 2 atom stereocenters. The van der Waals surface area contributed by atoms with Crippen LogP contribution in [-0.4, -0.2) is 113 Å². The van der Waals surface area contributed by atoms with Crippen LogP contribution in [0.2, 0.25) is 0 Å². The van der Waals surface area contributed by atoms with Gasteiger partial charge >= 0.3 is 15.9 Å². The minimum Gasteiger partial charge on any atom is -0.453 e. The van der Waals surface area contributed by atoms with Gasteiger partial charge in [0.25, 0.3) is 5.56 Å². The van der Waals surface area contributed by atoms with E-state index in [0.717, 1.165) is 79.1 Å². The van der Waals surface area contributed by atoms with E-state index >= 15 is 4.39 Å². The molecule has 18 nitrogen and oxygen atoms in total. The third-order valence-corrected chi connectivity index (χ3v) is 14.6. The lowest BCUT2D eigenvalue weighted by molar-refractivity contribution is -0.135. The molecule has 6 heterocycles. The fraction of sp³-hybridized carbons (Fsp3) is 0.348. The van der Waals surface area contributed by atoms with Crippen molar-refractivity contribution in [3.8, 4) is 23.3 Å². The van der Waals surface area contributed by atoms with Gasteiger partial charge in [0.15, 0.2) is 11.6 Å². The number of nitrogens with one attached hydrogen (secondary N) is 2. The average Bonchev–Trinajstić information content (AvgIpc) is 3.87. The van der Waals surface area contributed by atoms with Gasteiger partial charge in [0.05, 0.1) is 39.0 Å². The predicted octanol–water partition coefficient (Wildman–Crippen LogP) is 3.78. The van der Waals surface area contributed by atoms with Gasteiger partial charge in [0.2, 0.25) is 11.8 Å². The van der Waals surface area contributed by atoms with Crippen LogP contribution in [0.5, 0.6) is 11.5 Å². The lowest BCUT2D eigenvalue weighted by atomic mass is 9.97. The Labute approximate surface area is 382 Å². The van der Waals surface area contributed by atoms with Crippen molar-refractivity contribution in [1.82, 2.24) is 33.2 Å². The largest absolute Gasteiger partial charge is 0.453 e. The van der Waals surface area contributed by atoms with Crippen molar-refractivity contribution in [2.24, 2.45) is 13.0 Å². The van der Waals surface area contributed by atoms with Gasteiger partial charge in [-0.05, 0) is 79.6 Å². The number of piperidine rings is 1. The first-order valence-corrected chi connectivity index (χ1v) is 23.4. The van der Waals surface area contributed by atoms with Gasteiger partial charge in [-0.25, -0.2) is 18.6 Å². The number of rotatable bonds is 11. The highest BCUT2D eigenvalue weighted by Gasteiger charge is 2.36. The summed E-state index contributed by atoms with van der Waals surface area (Å²) in [6, 6.07) is 20.8. The monoisotopic (exact) mass is 933 g/mol. The molecule has 4 aliphatic heterocycles. The summed E-state index contributed by atoms with van der Waals surface area (Å²) in [5.41, 5.74) is 2.93. The van der Waals surface area contributed by atoms with Crippen molar-refractivity contribution < 1.29 is 31.5 Å². The number of para-hydroxylation sites is 1. The molecule has 21 heteroatoms. The molecule has 10 rings (SSSR count). The first-order valence-electron chi connectivity index (χ1n) is 22.0. The molecule has 1 unspecified atom stereocenters. The molecule has 4 aliphatic rings. The highest BCUT2D eigenvalue weighted by Crippen LogP contribution is 2.36. The summed E-state index contributed by atoms with van der Waals surface area (Å²) in [7, 11) is -2.53. The van der Waals surface area contributed by atoms with Crippen molar-refractivity contribution >= 4 is 61.0 Å². The van der Waals surface area contributed by atoms with Gasteiger partial charge in [0.1, 0.15) is 35.9 Å². The van der Waals surface area contributed by atoms with Crippen LogP contribution in [0.3, 0.4) is 0 Å². The first kappa shape index (κ1) is 43.7. The third kappa shape index (κ3) is 8.14. The second-order valence-electron chi connectivity index (χ2n) is 17.4. The summed E-state index contributed by atoms with van der Waals surface area (Å²) < 4.78 is 68.2. The maximum atomic E-state index is 15.2. The fourth-order valence-corrected chi connectivity index (χ4v) is 10.9. The molecule has 0 spiro atoms. The third-order valence-electron chi connectivity index (χ3n) is 13.1. The van der Waals surface area contributed by atoms with E-state index < -0.39 is 51.0 Å². The standard InChI is InChI=1S/C46H45F2N11O7S/c1-53-42-38(3-2-4-39(42)59(46(53)63)40-13-14-41(60)51-44(40)61)56-24-28(25-56)23-54-17-19-55(20-18-54)30-5-7-31(8-6-30)58-27-50-36-11-9-32(21-33(36)45(58)62)66-43-34(22-49)37(12-10-35(43)48)52-67(64,65)57-16-15-29(47)26-57/h2-12,21,27-29,40,52H,13-20,23-26H2,1H3,(H,51,60,61)/t29-,40?/m1/s1. The van der Waals surface area contributed by atoms with Gasteiger partial charge in [0, 0.05) is 84.0 Å². The number of ether oxygens (including phenoxy) is 1. The molecule has 2 N–H and O–H groups in total. The van der Waals surface area contributed by atoms with Gasteiger partial charge in [-0.2, -0.15) is 18.0 Å². The number of alkyl halides is 1. The number of aromatic nitrogens is 4. The lowest BCUT2D eigenvalue weighted by Crippen LogP contribution is -2.55. The molecule has 0 saturated carbocycles. The Morgan fingerprint density at radius 2 is 1.67 bits per heavy atom. The number of imidazole rings is 1. The predicted molar refractivity (Wildman–Crippen MR) is 245 cm³/mol. The Morgan fingerprint density at radius 1 is 0.910 bits per heavy atom. The maximum absolute atomic E-state index is 15.2. The summed E-state index contributed by atoms with van der Waals surface area (Å²) in [6.45, 7) is 5.59. The number of hydrogen-bond donors (Lipinski definition) is 2. The fourth-order valence-electron chi connectivity index (χ4n) is 9.59. The maximum Gasteiger partial charge on any atom is 0.329 e. The highest BCUT2D eigenvalue weighted by molar-refractivity contribution is 7.90. The number of hydrogen-bond acceptors (Lipinski definition) is 12. The molecule has 6 aromatic rings. The van der Waals surface area contributed by atoms with Crippen molar-refractivity contribution in [1.29, 1.82) is 5.26 Å². The number of piperazine rings is 1. The second kappa shape index (κ2) is 17.3. The Kier molecular flexibility index (Phi) is 11.3. The Morgan fingerprint density at radius 3 is 2.39 bits per heavy atom. The smallest absolute Gasteiger partial charge is 0.329 e. The number of amides is 2. The van der Waals surface area contributed by atoms with Gasteiger partial charge in [-0.1, -0.05) is 6.07 Å². The van der Waals surface area contributed by atoms with Crippen LogP contribution < -0.4 is 35.8 Å². The topological polar surface area (TPSA) is 200 Å². The minimum absolute atomic E-state index is 0.00784. The van der Waals surface area contributed by atoms with E-state index in [9.17, 15) is 37.2 Å². The number of fused-ring (bicyclic) bond motifs is 2. The van der Waals surface area contributed by atoms with E-state index in [0.29, 0.717) is 22.6 Å². The molecule has 4 fully saturated rings. The van der Waals surface area contributed by atoms with Crippen LogP contribution in [0, 0.1) is 23.1 Å². The number of benzene rings is 4. The van der Waals surface area contributed by atoms with Gasteiger partial charge < -0.3 is 14.5 Å². The SMILES string of the molecule is Cn1c(=O)n(C2CCC(=O)NC2=O)c2cccc(N3CC(CN4CCN(c5ccc(-n6cnc7ccc(Oc8c(F)ccc(NS(=O)(=O)N9CC[C@@H](F)C9)c8C#N)cc7c6=O)cc5)CC4)C3)c21. The molecule has 4 aromatic carbocycles. The molecule has 4 saturated heterocycles. The van der Waals surface area contributed by atoms with E-state index in [4.69, 9.17) is 4.74 Å². The summed E-state index contributed by atoms with van der Waals surface area (Å²) in [6.07, 6.45) is 0.616. The molecule has 2 amide bonds. The second-order valence-corrected chi connectivity index (χ2v) is 19.0. The first-order chi connectivity index (χ1) is 32.3. The van der Waals surface area contributed by atoms with Crippen molar-refractivity contribution in [3.63, 3.8) is 0 Å². The lowest BCUT2D eigenvalue weighted by Gasteiger charge is -2.45. The molecule has 346 valence electrons. The van der Waals surface area contributed by atoms with E-state index in [1.165, 1.54) is 33.7 Å². The number of anilines is 3. The van der Waals surface area contributed by atoms with Crippen LogP contribution in [0.15, 0.2) is 88.7 Å². The van der Waals surface area contributed by atoms with E-state index in [1.807, 2.05) is 42.5 Å². The number of aryl methyl sites for hydroxylation is 1. The zero-order valence-corrected chi connectivity index (χ0v) is 37.1. The number of carbonyl (C=O) groups excluding carboxylic acids is 2. The summed E-state index contributed by atoms with van der Waals surface area (Å²) in [4.78, 5) is 63.2. The van der Waals surface area contributed by atoms with Crippen LogP contribution in [-0.2, 0) is 26.8 Å². The van der Waals surface area contributed by atoms with Crippen LogP contribution in [0.4, 0.5) is 25.8 Å². The van der Waals surface area contributed by atoms with E-state index in [1.54, 1.807) is 17.7 Å². The zero-order chi connectivity index (χ0) is 46.7. The molecular weight excluding hydrogens is 889 g/mol. The summed E-state index contributed by atoms with van der Waals surface area (Å²) in [5.74, 6) is -1.83. The van der Waals surface area contributed by atoms with Gasteiger partial charge in [-0.15, -0.1) is 0 Å². The van der Waals surface area contributed by atoms with Crippen LogP contribution in [0.1, 0.15) is 30.9 Å². The highest BCUT2D eigenvalue weighted by atomic mass is 32.2. The molecule has 0 aliphatic carbocycles. The molecule has 0 bridgehead atoms. The van der Waals surface area contributed by atoms with Crippen LogP contribution in [0.25, 0.3) is 27.6 Å². The number of imide groups is 1.